The summed E-state index contributed by atoms with van der Waals surface area (Å²) in [5.41, 5.74) is 10.5. The maximum atomic E-state index is 5.78. The minimum atomic E-state index is 0.460. The largest absolute Gasteiger partial charge is 0.382 e. The first-order valence-electron chi connectivity index (χ1n) is 5.25. The van der Waals surface area contributed by atoms with Crippen molar-refractivity contribution >= 4 is 16.9 Å². The molecule has 3 aromatic rings. The van der Waals surface area contributed by atoms with Gasteiger partial charge in [0.25, 0.3) is 0 Å². The SMILES string of the molecule is Cc1cncc(-c2c[nH]c3c(N)ncnc23)c1. The van der Waals surface area contributed by atoms with Gasteiger partial charge in [0.15, 0.2) is 5.82 Å². The molecule has 0 radical (unpaired) electrons. The topological polar surface area (TPSA) is 80.5 Å². The molecule has 0 fully saturated rings. The Morgan fingerprint density at radius 2 is 2.12 bits per heavy atom. The maximum absolute atomic E-state index is 5.78. The molecule has 17 heavy (non-hydrogen) atoms. The van der Waals surface area contributed by atoms with Crippen LogP contribution >= 0.6 is 0 Å². The highest BCUT2D eigenvalue weighted by molar-refractivity contribution is 5.96. The Morgan fingerprint density at radius 3 is 2.94 bits per heavy atom. The third-order valence-electron chi connectivity index (χ3n) is 2.68. The Morgan fingerprint density at radius 1 is 1.24 bits per heavy atom. The summed E-state index contributed by atoms with van der Waals surface area (Å²) in [7, 11) is 0. The molecule has 0 aromatic carbocycles. The minimum absolute atomic E-state index is 0.460. The van der Waals surface area contributed by atoms with Crippen LogP contribution in [0.2, 0.25) is 0 Å². The van der Waals surface area contributed by atoms with Crippen LogP contribution in [0.4, 0.5) is 5.82 Å². The number of H-pyrrole nitrogens is 1. The average molecular weight is 225 g/mol. The molecule has 0 saturated heterocycles. The first kappa shape index (κ1) is 9.77. The summed E-state index contributed by atoms with van der Waals surface area (Å²) >= 11 is 0. The van der Waals surface area contributed by atoms with Gasteiger partial charge < -0.3 is 10.7 Å². The number of hydrogen-bond acceptors (Lipinski definition) is 4. The van der Waals surface area contributed by atoms with Crippen LogP contribution in [0.3, 0.4) is 0 Å². The smallest absolute Gasteiger partial charge is 0.151 e. The van der Waals surface area contributed by atoms with Crippen molar-refractivity contribution < 1.29 is 0 Å². The van der Waals surface area contributed by atoms with Crippen LogP contribution in [-0.4, -0.2) is 19.9 Å². The molecule has 0 bridgehead atoms. The molecule has 0 atom stereocenters. The molecule has 0 aliphatic carbocycles. The van der Waals surface area contributed by atoms with Gasteiger partial charge in [-0.15, -0.1) is 0 Å². The van der Waals surface area contributed by atoms with Gasteiger partial charge in [0.2, 0.25) is 0 Å². The monoisotopic (exact) mass is 225 g/mol. The zero-order valence-electron chi connectivity index (χ0n) is 9.31. The molecule has 5 heteroatoms. The van der Waals surface area contributed by atoms with Gasteiger partial charge in [0.1, 0.15) is 17.4 Å². The van der Waals surface area contributed by atoms with Crippen LogP contribution < -0.4 is 5.73 Å². The van der Waals surface area contributed by atoms with E-state index in [0.29, 0.717) is 5.82 Å². The summed E-state index contributed by atoms with van der Waals surface area (Å²) in [6.45, 7) is 2.01. The standard InChI is InChI=1S/C12H11N5/c1-7-2-8(4-14-3-7)9-5-15-11-10(9)16-6-17-12(11)13/h2-6,15H,1H3,(H2,13,16,17). The number of rotatable bonds is 1. The van der Waals surface area contributed by atoms with E-state index in [-0.39, 0.29) is 0 Å². The average Bonchev–Trinajstić information content (AvgIpc) is 2.74. The Balaban J connectivity index is 2.28. The summed E-state index contributed by atoms with van der Waals surface area (Å²) in [5, 5.41) is 0. The number of nitrogen functional groups attached to an aromatic ring is 1. The number of aromatic amines is 1. The fraction of sp³-hybridized carbons (Fsp3) is 0.0833. The number of nitrogens with zero attached hydrogens (tertiary/aromatic N) is 3. The lowest BCUT2D eigenvalue weighted by Gasteiger charge is -2.00. The van der Waals surface area contributed by atoms with Crippen molar-refractivity contribution in [3.63, 3.8) is 0 Å². The van der Waals surface area contributed by atoms with Gasteiger partial charge in [0, 0.05) is 29.7 Å². The van der Waals surface area contributed by atoms with Gasteiger partial charge in [-0.05, 0) is 18.6 Å². The molecule has 3 rings (SSSR count). The van der Waals surface area contributed by atoms with Crippen LogP contribution in [0, 0.1) is 6.92 Å². The van der Waals surface area contributed by atoms with E-state index < -0.39 is 0 Å². The lowest BCUT2D eigenvalue weighted by molar-refractivity contribution is 1.22. The van der Waals surface area contributed by atoms with Crippen molar-refractivity contribution in [3.05, 3.63) is 36.5 Å². The van der Waals surface area contributed by atoms with Crippen molar-refractivity contribution in [1.29, 1.82) is 0 Å². The van der Waals surface area contributed by atoms with Crippen molar-refractivity contribution in [2.75, 3.05) is 5.73 Å². The minimum Gasteiger partial charge on any atom is -0.382 e. The number of aromatic nitrogens is 4. The number of anilines is 1. The second-order valence-electron chi connectivity index (χ2n) is 3.94. The highest BCUT2D eigenvalue weighted by Crippen LogP contribution is 2.28. The molecule has 3 N–H and O–H groups in total. The van der Waals surface area contributed by atoms with Crippen LogP contribution in [0.25, 0.3) is 22.2 Å². The predicted molar refractivity (Wildman–Crippen MR) is 66.3 cm³/mol. The van der Waals surface area contributed by atoms with E-state index in [0.717, 1.165) is 27.7 Å². The number of fused-ring (bicyclic) bond motifs is 1. The van der Waals surface area contributed by atoms with Gasteiger partial charge in [-0.1, -0.05) is 0 Å². The number of hydrogen-bond donors (Lipinski definition) is 2. The Kier molecular flexibility index (Phi) is 2.04. The first-order chi connectivity index (χ1) is 8.25. The molecule has 0 spiro atoms. The van der Waals surface area contributed by atoms with Crippen molar-refractivity contribution in [3.8, 4) is 11.1 Å². The van der Waals surface area contributed by atoms with E-state index in [2.05, 4.69) is 26.0 Å². The Hall–Kier alpha value is -2.43. The molecule has 0 amide bonds. The molecule has 0 aliphatic heterocycles. The first-order valence-corrected chi connectivity index (χ1v) is 5.25. The van der Waals surface area contributed by atoms with Crippen molar-refractivity contribution in [2.24, 2.45) is 0 Å². The van der Waals surface area contributed by atoms with Crippen molar-refractivity contribution in [1.82, 2.24) is 19.9 Å². The summed E-state index contributed by atoms with van der Waals surface area (Å²) in [6, 6.07) is 2.06. The summed E-state index contributed by atoms with van der Waals surface area (Å²) in [5.74, 6) is 0.460. The van der Waals surface area contributed by atoms with Gasteiger partial charge in [-0.2, -0.15) is 0 Å². The highest BCUT2D eigenvalue weighted by Gasteiger charge is 2.10. The summed E-state index contributed by atoms with van der Waals surface area (Å²) in [6.07, 6.45) is 6.99. The Labute approximate surface area is 97.7 Å². The number of nitrogens with one attached hydrogen (secondary N) is 1. The quantitative estimate of drug-likeness (QED) is 0.663. The normalized spacial score (nSPS) is 10.9. The Bertz CT molecular complexity index is 686. The molecule has 0 saturated carbocycles. The molecule has 5 nitrogen and oxygen atoms in total. The van der Waals surface area contributed by atoms with Gasteiger partial charge in [-0.3, -0.25) is 4.98 Å². The molecule has 0 aliphatic rings. The van der Waals surface area contributed by atoms with E-state index in [1.54, 1.807) is 0 Å². The summed E-state index contributed by atoms with van der Waals surface area (Å²) < 4.78 is 0. The predicted octanol–water partition coefficient (Wildman–Crippen LogP) is 1.91. The van der Waals surface area contributed by atoms with Crippen LogP contribution in [0.5, 0.6) is 0 Å². The fourth-order valence-electron chi connectivity index (χ4n) is 1.88. The third kappa shape index (κ3) is 1.52. The lowest BCUT2D eigenvalue weighted by Crippen LogP contribution is -1.92. The number of aryl methyl sites for hydroxylation is 1. The van der Waals surface area contributed by atoms with Crippen LogP contribution in [0.1, 0.15) is 5.56 Å². The van der Waals surface area contributed by atoms with Gasteiger partial charge >= 0.3 is 0 Å². The van der Waals surface area contributed by atoms with E-state index in [4.69, 9.17) is 5.73 Å². The lowest BCUT2D eigenvalue weighted by atomic mass is 10.1. The maximum Gasteiger partial charge on any atom is 0.151 e. The van der Waals surface area contributed by atoms with Crippen molar-refractivity contribution in [2.45, 2.75) is 6.92 Å². The van der Waals surface area contributed by atoms with Crippen LogP contribution in [0.15, 0.2) is 31.0 Å². The molecular formula is C12H11N5. The second-order valence-corrected chi connectivity index (χ2v) is 3.94. The van der Waals surface area contributed by atoms with E-state index in [1.807, 2.05) is 25.5 Å². The fourth-order valence-corrected chi connectivity index (χ4v) is 1.88. The molecule has 3 aromatic heterocycles. The number of nitrogens with two attached hydrogens (primary N) is 1. The van der Waals surface area contributed by atoms with E-state index in [1.165, 1.54) is 6.33 Å². The van der Waals surface area contributed by atoms with Gasteiger partial charge in [0.05, 0.1) is 0 Å². The third-order valence-corrected chi connectivity index (χ3v) is 2.68. The molecule has 3 heterocycles. The van der Waals surface area contributed by atoms with E-state index >= 15 is 0 Å². The zero-order chi connectivity index (χ0) is 11.8. The molecule has 0 unspecified atom stereocenters. The van der Waals surface area contributed by atoms with E-state index in [9.17, 15) is 0 Å². The van der Waals surface area contributed by atoms with Gasteiger partial charge in [-0.25, -0.2) is 9.97 Å². The van der Waals surface area contributed by atoms with Crippen LogP contribution in [-0.2, 0) is 0 Å². The zero-order valence-corrected chi connectivity index (χ0v) is 9.31. The summed E-state index contributed by atoms with van der Waals surface area (Å²) in [4.78, 5) is 15.5. The second kappa shape index (κ2) is 3.55. The number of pyridine rings is 1. The molecule has 84 valence electrons. The molecular weight excluding hydrogens is 214 g/mol. The highest BCUT2D eigenvalue weighted by atomic mass is 14.9.